The number of hydrogen-bond acceptors (Lipinski definition) is 7. The number of hydrogen-bond donors (Lipinski definition) is 0. The van der Waals surface area contributed by atoms with E-state index in [0.29, 0.717) is 29.7 Å². The molecule has 188 valence electrons. The summed E-state index contributed by atoms with van der Waals surface area (Å²) < 4.78 is 34.7. The molecule has 1 saturated heterocycles. The van der Waals surface area contributed by atoms with Crippen LogP contribution in [-0.2, 0) is 10.7 Å². The molecule has 1 fully saturated rings. The molecular weight excluding hydrogens is 480 g/mol. The number of aromatic nitrogens is 5. The Bertz CT molecular complexity index is 1250. The highest BCUT2D eigenvalue weighted by atomic mass is 35.5. The number of halogens is 3. The fourth-order valence-electron chi connectivity index (χ4n) is 4.10. The van der Waals surface area contributed by atoms with Gasteiger partial charge in [0.2, 0.25) is 5.82 Å². The Hall–Kier alpha value is -3.08. The average Bonchev–Trinajstić information content (AvgIpc) is 3.31. The van der Waals surface area contributed by atoms with Gasteiger partial charge in [-0.3, -0.25) is 0 Å². The minimum Gasteiger partial charge on any atom is -0.444 e. The summed E-state index contributed by atoms with van der Waals surface area (Å²) in [7, 11) is 1.72. The Balaban J connectivity index is 1.71. The molecule has 9 nitrogen and oxygen atoms in total. The molecule has 0 aromatic carbocycles. The number of pyridine rings is 1. The van der Waals surface area contributed by atoms with Gasteiger partial charge < -0.3 is 14.5 Å². The highest BCUT2D eigenvalue weighted by Crippen LogP contribution is 2.35. The minimum absolute atomic E-state index is 0.0352. The number of amides is 1. The highest BCUT2D eigenvalue weighted by Gasteiger charge is 2.37. The monoisotopic (exact) mass is 507 g/mol. The van der Waals surface area contributed by atoms with Crippen LogP contribution < -0.4 is 4.90 Å². The van der Waals surface area contributed by atoms with E-state index < -0.39 is 23.4 Å². The SMILES string of the molecule is CC1CC(N(C)C(=O)OC(C)(C)C)CN1c1nn(-c2ccnc(C(C)(F)F)n2)c2cc(Cl)ncc12. The molecule has 3 aromatic rings. The van der Waals surface area contributed by atoms with Crippen LogP contribution in [0.15, 0.2) is 24.5 Å². The summed E-state index contributed by atoms with van der Waals surface area (Å²) in [4.78, 5) is 28.2. The van der Waals surface area contributed by atoms with Crippen LogP contribution in [0.3, 0.4) is 0 Å². The van der Waals surface area contributed by atoms with Gasteiger partial charge in [-0.05, 0) is 34.1 Å². The summed E-state index contributed by atoms with van der Waals surface area (Å²) in [5, 5.41) is 5.65. The van der Waals surface area contributed by atoms with Crippen molar-refractivity contribution in [2.24, 2.45) is 0 Å². The van der Waals surface area contributed by atoms with Gasteiger partial charge in [-0.15, -0.1) is 5.10 Å². The number of carbonyl (C=O) groups is 1. The van der Waals surface area contributed by atoms with Crippen molar-refractivity contribution in [3.8, 4) is 5.82 Å². The third kappa shape index (κ3) is 5.14. The standard InChI is InChI=1S/C23H28ClF2N7O2/c1-13-9-14(31(6)21(34)35-22(2,3)4)12-32(13)19-15-11-28-17(24)10-16(15)33(30-19)18-7-8-27-20(29-18)23(5,25)26/h7-8,10-11,13-14H,9,12H2,1-6H3. The summed E-state index contributed by atoms with van der Waals surface area (Å²) in [6.07, 6.45) is 3.18. The first-order chi connectivity index (χ1) is 16.2. The van der Waals surface area contributed by atoms with Crippen molar-refractivity contribution < 1.29 is 18.3 Å². The van der Waals surface area contributed by atoms with E-state index in [1.165, 1.54) is 16.9 Å². The number of anilines is 1. The third-order valence-electron chi connectivity index (χ3n) is 5.82. The normalized spacial score (nSPS) is 18.8. The molecule has 3 aromatic heterocycles. The van der Waals surface area contributed by atoms with Gasteiger partial charge in [0.15, 0.2) is 11.6 Å². The van der Waals surface area contributed by atoms with Crippen molar-refractivity contribution in [2.45, 2.75) is 64.6 Å². The van der Waals surface area contributed by atoms with E-state index in [9.17, 15) is 13.6 Å². The van der Waals surface area contributed by atoms with Gasteiger partial charge >= 0.3 is 12.0 Å². The molecule has 35 heavy (non-hydrogen) atoms. The number of likely N-dealkylation sites (N-methyl/N-ethyl adjacent to an activating group) is 1. The Morgan fingerprint density at radius 1 is 1.26 bits per heavy atom. The van der Waals surface area contributed by atoms with E-state index in [-0.39, 0.29) is 23.1 Å². The number of nitrogens with zero attached hydrogens (tertiary/aromatic N) is 7. The number of carbonyl (C=O) groups excluding carboxylic acids is 1. The molecule has 0 spiro atoms. The van der Waals surface area contributed by atoms with E-state index in [1.807, 2.05) is 27.7 Å². The molecular formula is C23H28ClF2N7O2. The Labute approximate surface area is 207 Å². The summed E-state index contributed by atoms with van der Waals surface area (Å²) in [5.41, 5.74) is -0.0267. The van der Waals surface area contributed by atoms with Crippen LogP contribution in [0.25, 0.3) is 16.7 Å². The summed E-state index contributed by atoms with van der Waals surface area (Å²) >= 11 is 6.16. The van der Waals surface area contributed by atoms with Crippen LogP contribution in [0.2, 0.25) is 5.15 Å². The smallest absolute Gasteiger partial charge is 0.410 e. The Morgan fingerprint density at radius 2 is 1.97 bits per heavy atom. The number of ether oxygens (including phenoxy) is 1. The van der Waals surface area contributed by atoms with Crippen molar-refractivity contribution in [1.29, 1.82) is 0 Å². The molecule has 0 bridgehead atoms. The van der Waals surface area contributed by atoms with Crippen molar-refractivity contribution in [1.82, 2.24) is 29.6 Å². The lowest BCUT2D eigenvalue weighted by atomic mass is 10.2. The third-order valence-corrected chi connectivity index (χ3v) is 6.02. The molecule has 0 aliphatic carbocycles. The fourth-order valence-corrected chi connectivity index (χ4v) is 4.25. The first-order valence-corrected chi connectivity index (χ1v) is 11.6. The van der Waals surface area contributed by atoms with Crippen LogP contribution in [0, 0.1) is 0 Å². The predicted octanol–water partition coefficient (Wildman–Crippen LogP) is 4.81. The van der Waals surface area contributed by atoms with Crippen molar-refractivity contribution in [3.05, 3.63) is 35.5 Å². The zero-order chi connectivity index (χ0) is 25.7. The van der Waals surface area contributed by atoms with E-state index in [0.717, 1.165) is 6.92 Å². The summed E-state index contributed by atoms with van der Waals surface area (Å²) in [6.45, 7) is 8.77. The van der Waals surface area contributed by atoms with Gasteiger partial charge in [0.25, 0.3) is 0 Å². The van der Waals surface area contributed by atoms with Gasteiger partial charge in [0.05, 0.1) is 16.9 Å². The molecule has 2 atom stereocenters. The Morgan fingerprint density at radius 3 is 2.63 bits per heavy atom. The lowest BCUT2D eigenvalue weighted by Gasteiger charge is -2.28. The van der Waals surface area contributed by atoms with Crippen molar-refractivity contribution >= 4 is 34.4 Å². The van der Waals surface area contributed by atoms with Gasteiger partial charge in [0.1, 0.15) is 10.8 Å². The summed E-state index contributed by atoms with van der Waals surface area (Å²) in [5.74, 6) is -3.03. The zero-order valence-electron chi connectivity index (χ0n) is 20.5. The van der Waals surface area contributed by atoms with Gasteiger partial charge in [-0.1, -0.05) is 11.6 Å². The molecule has 4 rings (SSSR count). The topological polar surface area (TPSA) is 89.3 Å². The van der Waals surface area contributed by atoms with Crippen LogP contribution in [0.5, 0.6) is 0 Å². The second kappa shape index (κ2) is 8.85. The maximum Gasteiger partial charge on any atom is 0.410 e. The van der Waals surface area contributed by atoms with E-state index in [2.05, 4.69) is 19.9 Å². The molecule has 12 heteroatoms. The lowest BCUT2D eigenvalue weighted by Crippen LogP contribution is -2.42. The molecule has 2 unspecified atom stereocenters. The molecule has 0 radical (unpaired) electrons. The maximum atomic E-state index is 13.9. The van der Waals surface area contributed by atoms with Crippen LogP contribution in [-0.4, -0.2) is 67.0 Å². The first kappa shape index (κ1) is 25.0. The molecule has 0 saturated carbocycles. The van der Waals surface area contributed by atoms with Crippen LogP contribution >= 0.6 is 11.6 Å². The van der Waals surface area contributed by atoms with E-state index in [4.69, 9.17) is 21.4 Å². The van der Waals surface area contributed by atoms with Gasteiger partial charge in [-0.25, -0.2) is 24.4 Å². The largest absolute Gasteiger partial charge is 0.444 e. The van der Waals surface area contributed by atoms with Crippen molar-refractivity contribution in [2.75, 3.05) is 18.5 Å². The van der Waals surface area contributed by atoms with E-state index >= 15 is 0 Å². The predicted molar refractivity (Wildman–Crippen MR) is 128 cm³/mol. The minimum atomic E-state index is -3.20. The molecule has 1 aliphatic rings. The highest BCUT2D eigenvalue weighted by molar-refractivity contribution is 6.30. The maximum absolute atomic E-state index is 13.9. The molecule has 1 aliphatic heterocycles. The van der Waals surface area contributed by atoms with Gasteiger partial charge in [-0.2, -0.15) is 8.78 Å². The van der Waals surface area contributed by atoms with E-state index in [1.54, 1.807) is 24.2 Å². The summed E-state index contributed by atoms with van der Waals surface area (Å²) in [6, 6.07) is 3.05. The van der Waals surface area contributed by atoms with Gasteiger partial charge in [0, 0.05) is 51.1 Å². The van der Waals surface area contributed by atoms with Crippen LogP contribution in [0.4, 0.5) is 19.4 Å². The quantitative estimate of drug-likeness (QED) is 0.468. The zero-order valence-corrected chi connectivity index (χ0v) is 21.2. The average molecular weight is 508 g/mol. The second-order valence-electron chi connectivity index (χ2n) is 9.87. The number of rotatable bonds is 4. The molecule has 0 N–H and O–H groups in total. The van der Waals surface area contributed by atoms with Crippen LogP contribution in [0.1, 0.15) is 46.9 Å². The van der Waals surface area contributed by atoms with Crippen molar-refractivity contribution in [3.63, 3.8) is 0 Å². The Kier molecular flexibility index (Phi) is 6.33. The number of alkyl halides is 2. The fraction of sp³-hybridized carbons (Fsp3) is 0.522. The first-order valence-electron chi connectivity index (χ1n) is 11.2. The number of fused-ring (bicyclic) bond motifs is 1. The molecule has 4 heterocycles. The lowest BCUT2D eigenvalue weighted by molar-refractivity contribution is 0.00759. The second-order valence-corrected chi connectivity index (χ2v) is 10.3. The molecule has 1 amide bonds.